The number of benzene rings is 1. The average molecular weight is 415 g/mol. The zero-order valence-corrected chi connectivity index (χ0v) is 15.2. The van der Waals surface area contributed by atoms with Crippen LogP contribution in [0.5, 0.6) is 0 Å². The Kier molecular flexibility index (Phi) is 4.35. The van der Waals surface area contributed by atoms with Crippen LogP contribution in [-0.2, 0) is 6.54 Å². The topological polar surface area (TPSA) is 76.8 Å². The fourth-order valence-electron chi connectivity index (χ4n) is 2.96. The van der Waals surface area contributed by atoms with Crippen LogP contribution in [0.4, 0.5) is 13.2 Å². The molecule has 12 heteroatoms. The van der Waals surface area contributed by atoms with E-state index in [0.717, 1.165) is 11.5 Å². The second-order valence-corrected chi connectivity index (χ2v) is 6.92. The lowest BCUT2D eigenvalue weighted by Gasteiger charge is -2.33. The van der Waals surface area contributed by atoms with Crippen molar-refractivity contribution in [2.24, 2.45) is 0 Å². The van der Waals surface area contributed by atoms with Crippen molar-refractivity contribution in [3.8, 4) is 10.8 Å². The summed E-state index contributed by atoms with van der Waals surface area (Å²) in [5.74, 6) is -4.11. The van der Waals surface area contributed by atoms with Crippen molar-refractivity contribution in [2.45, 2.75) is 19.5 Å². The maximum atomic E-state index is 13.5. The third-order valence-electron chi connectivity index (χ3n) is 4.27. The van der Waals surface area contributed by atoms with Gasteiger partial charge in [-0.2, -0.15) is 4.37 Å². The molecular formula is C15H10ClF3N6OS. The summed E-state index contributed by atoms with van der Waals surface area (Å²) >= 11 is 6.82. The van der Waals surface area contributed by atoms with E-state index in [2.05, 4.69) is 19.6 Å². The molecule has 0 radical (unpaired) electrons. The highest BCUT2D eigenvalue weighted by molar-refractivity contribution is 7.09. The second-order valence-electron chi connectivity index (χ2n) is 5.83. The number of carbonyl (C=O) groups excluding carboxylic acids is 1. The van der Waals surface area contributed by atoms with Crippen molar-refractivity contribution >= 4 is 29.0 Å². The van der Waals surface area contributed by atoms with Gasteiger partial charge in [-0.1, -0.05) is 0 Å². The first-order chi connectivity index (χ1) is 12.9. The maximum absolute atomic E-state index is 13.5. The molecule has 140 valence electrons. The molecule has 0 saturated carbocycles. The Hall–Kier alpha value is -2.53. The number of amides is 1. The van der Waals surface area contributed by atoms with E-state index in [1.54, 1.807) is 11.5 Å². The monoisotopic (exact) mass is 414 g/mol. The zero-order chi connectivity index (χ0) is 19.3. The SMILES string of the molecule is CC1c2nnc(-c3nc(Cl)ns3)n2CCN1C(=O)c1cc(F)c(F)c(F)c1. The quantitative estimate of drug-likeness (QED) is 0.602. The molecule has 27 heavy (non-hydrogen) atoms. The first-order valence-electron chi connectivity index (χ1n) is 7.75. The smallest absolute Gasteiger partial charge is 0.254 e. The number of hydrogen-bond donors (Lipinski definition) is 0. The number of rotatable bonds is 2. The van der Waals surface area contributed by atoms with Gasteiger partial charge in [0.2, 0.25) is 5.28 Å². The molecule has 0 aliphatic carbocycles. The van der Waals surface area contributed by atoms with Gasteiger partial charge in [0, 0.05) is 18.7 Å². The fraction of sp³-hybridized carbons (Fsp3) is 0.267. The van der Waals surface area contributed by atoms with Crippen LogP contribution >= 0.6 is 23.1 Å². The van der Waals surface area contributed by atoms with Gasteiger partial charge >= 0.3 is 0 Å². The second kappa shape index (κ2) is 6.57. The first kappa shape index (κ1) is 17.9. The van der Waals surface area contributed by atoms with Gasteiger partial charge in [-0.05, 0) is 42.2 Å². The van der Waals surface area contributed by atoms with E-state index >= 15 is 0 Å². The predicted molar refractivity (Wildman–Crippen MR) is 89.7 cm³/mol. The van der Waals surface area contributed by atoms with Crippen molar-refractivity contribution in [1.82, 2.24) is 29.0 Å². The van der Waals surface area contributed by atoms with Crippen LogP contribution in [0.15, 0.2) is 12.1 Å². The van der Waals surface area contributed by atoms with Gasteiger partial charge in [-0.15, -0.1) is 10.2 Å². The Morgan fingerprint density at radius 1 is 1.22 bits per heavy atom. The van der Waals surface area contributed by atoms with Gasteiger partial charge in [0.15, 0.2) is 34.1 Å². The van der Waals surface area contributed by atoms with Gasteiger partial charge in [0.1, 0.15) is 0 Å². The van der Waals surface area contributed by atoms with E-state index in [4.69, 9.17) is 11.6 Å². The third-order valence-corrected chi connectivity index (χ3v) is 5.25. The lowest BCUT2D eigenvalue weighted by atomic mass is 10.1. The molecule has 1 unspecified atom stereocenters. The Balaban J connectivity index is 1.65. The lowest BCUT2D eigenvalue weighted by molar-refractivity contribution is 0.0637. The normalized spacial score (nSPS) is 16.5. The maximum Gasteiger partial charge on any atom is 0.254 e. The molecule has 1 atom stereocenters. The molecule has 2 aromatic heterocycles. The molecular weight excluding hydrogens is 405 g/mol. The van der Waals surface area contributed by atoms with E-state index in [1.165, 1.54) is 4.90 Å². The number of halogens is 4. The average Bonchev–Trinajstić information content (AvgIpc) is 3.25. The number of hydrogen-bond acceptors (Lipinski definition) is 6. The molecule has 4 rings (SSSR count). The number of nitrogens with zero attached hydrogens (tertiary/aromatic N) is 6. The van der Waals surface area contributed by atoms with E-state index in [0.29, 0.717) is 35.3 Å². The summed E-state index contributed by atoms with van der Waals surface area (Å²) in [7, 11) is 0. The van der Waals surface area contributed by atoms with Gasteiger partial charge in [-0.25, -0.2) is 18.2 Å². The summed E-state index contributed by atoms with van der Waals surface area (Å²) in [6.45, 7) is 2.30. The van der Waals surface area contributed by atoms with Crippen molar-refractivity contribution in [2.75, 3.05) is 6.54 Å². The third kappa shape index (κ3) is 2.96. The van der Waals surface area contributed by atoms with Crippen molar-refractivity contribution < 1.29 is 18.0 Å². The van der Waals surface area contributed by atoms with Crippen LogP contribution in [0.25, 0.3) is 10.8 Å². The summed E-state index contributed by atoms with van der Waals surface area (Å²) in [5.41, 5.74) is -0.276. The molecule has 3 heterocycles. The van der Waals surface area contributed by atoms with Gasteiger partial charge in [-0.3, -0.25) is 4.79 Å². The van der Waals surface area contributed by atoms with E-state index in [1.807, 2.05) is 0 Å². The minimum absolute atomic E-state index is 0.105. The molecule has 1 aromatic carbocycles. The molecule has 0 spiro atoms. The predicted octanol–water partition coefficient (Wildman–Crippen LogP) is 3.08. The van der Waals surface area contributed by atoms with Crippen LogP contribution in [0.2, 0.25) is 5.28 Å². The van der Waals surface area contributed by atoms with Gasteiger partial charge in [0.25, 0.3) is 5.91 Å². The van der Waals surface area contributed by atoms with Gasteiger partial charge < -0.3 is 9.47 Å². The lowest BCUT2D eigenvalue weighted by Crippen LogP contribution is -2.41. The first-order valence-corrected chi connectivity index (χ1v) is 8.90. The Bertz CT molecular complexity index is 1030. The van der Waals surface area contributed by atoms with Crippen LogP contribution < -0.4 is 0 Å². The minimum Gasteiger partial charge on any atom is -0.327 e. The van der Waals surface area contributed by atoms with Crippen molar-refractivity contribution in [3.63, 3.8) is 0 Å². The fourth-order valence-corrected chi connectivity index (χ4v) is 3.76. The molecule has 1 amide bonds. The Morgan fingerprint density at radius 2 is 1.93 bits per heavy atom. The van der Waals surface area contributed by atoms with Crippen molar-refractivity contribution in [3.05, 3.63) is 46.3 Å². The molecule has 0 fully saturated rings. The number of carbonyl (C=O) groups is 1. The molecule has 0 bridgehead atoms. The Labute approximate surface area is 159 Å². The summed E-state index contributed by atoms with van der Waals surface area (Å²) in [5, 5.41) is 8.80. The highest BCUT2D eigenvalue weighted by Gasteiger charge is 2.33. The molecule has 1 aliphatic heterocycles. The number of aromatic nitrogens is 5. The zero-order valence-electron chi connectivity index (χ0n) is 13.7. The Morgan fingerprint density at radius 3 is 2.56 bits per heavy atom. The highest BCUT2D eigenvalue weighted by atomic mass is 35.5. The number of fused-ring (bicyclic) bond motifs is 1. The van der Waals surface area contributed by atoms with E-state index in [-0.39, 0.29) is 17.4 Å². The molecule has 7 nitrogen and oxygen atoms in total. The molecule has 0 N–H and O–H groups in total. The molecule has 0 saturated heterocycles. The largest absolute Gasteiger partial charge is 0.327 e. The van der Waals surface area contributed by atoms with Crippen LogP contribution in [0.1, 0.15) is 29.1 Å². The standard InChI is InChI=1S/C15H10ClF3N6OS/c1-6-11-21-22-12(13-20-15(16)23-27-13)25(11)3-2-24(6)14(26)7-4-8(17)10(19)9(18)5-7/h4-6H,2-3H2,1H3. The molecule has 1 aliphatic rings. The van der Waals surface area contributed by atoms with Crippen LogP contribution in [0.3, 0.4) is 0 Å². The summed E-state index contributed by atoms with van der Waals surface area (Å²) in [4.78, 5) is 18.2. The van der Waals surface area contributed by atoms with Crippen LogP contribution in [0, 0.1) is 17.5 Å². The van der Waals surface area contributed by atoms with Crippen LogP contribution in [-0.4, -0.2) is 41.5 Å². The summed E-state index contributed by atoms with van der Waals surface area (Å²) in [6, 6.07) is 0.843. The minimum atomic E-state index is -1.61. The van der Waals surface area contributed by atoms with E-state index in [9.17, 15) is 18.0 Å². The molecule has 3 aromatic rings. The van der Waals surface area contributed by atoms with Crippen molar-refractivity contribution in [1.29, 1.82) is 0 Å². The highest BCUT2D eigenvalue weighted by Crippen LogP contribution is 2.30. The summed E-state index contributed by atoms with van der Waals surface area (Å²) in [6.07, 6.45) is 0. The van der Waals surface area contributed by atoms with E-state index < -0.39 is 29.4 Å². The summed E-state index contributed by atoms with van der Waals surface area (Å²) < 4.78 is 45.7. The van der Waals surface area contributed by atoms with Gasteiger partial charge in [0.05, 0.1) is 6.04 Å².